The van der Waals surface area contributed by atoms with Crippen molar-refractivity contribution in [2.24, 2.45) is 5.73 Å². The summed E-state index contributed by atoms with van der Waals surface area (Å²) in [7, 11) is 1.25. The lowest BCUT2D eigenvalue weighted by Gasteiger charge is -2.30. The van der Waals surface area contributed by atoms with Gasteiger partial charge in [-0.15, -0.1) is 0 Å². The molecule has 0 unspecified atom stereocenters. The molecule has 0 aromatic rings. The number of carbonyl (C=O) groups excluding carboxylic acids is 1. The van der Waals surface area contributed by atoms with E-state index in [9.17, 15) is 4.79 Å². The summed E-state index contributed by atoms with van der Waals surface area (Å²) in [6, 6.07) is 0. The van der Waals surface area contributed by atoms with E-state index >= 15 is 0 Å². The number of fused-ring (bicyclic) bond motifs is 1. The van der Waals surface area contributed by atoms with E-state index in [0.29, 0.717) is 6.61 Å². The molecule has 5 atom stereocenters. The molecule has 0 saturated carbocycles. The molecule has 2 N–H and O–H groups in total. The van der Waals surface area contributed by atoms with E-state index < -0.39 is 47.7 Å². The molecule has 0 aromatic carbocycles. The van der Waals surface area contributed by atoms with Crippen LogP contribution in [0.2, 0.25) is 0 Å². The van der Waals surface area contributed by atoms with E-state index in [2.05, 4.69) is 0 Å². The highest BCUT2D eigenvalue weighted by Gasteiger charge is 2.67. The predicted molar refractivity (Wildman–Crippen MR) is 72.5 cm³/mol. The van der Waals surface area contributed by atoms with Crippen molar-refractivity contribution in [1.82, 2.24) is 0 Å². The summed E-state index contributed by atoms with van der Waals surface area (Å²) in [6.45, 7) is 7.46. The number of ether oxygens (including phenoxy) is 6. The van der Waals surface area contributed by atoms with Crippen molar-refractivity contribution >= 4 is 5.97 Å². The number of nitrogens with two attached hydrogens (primary N) is 1. The average molecular weight is 317 g/mol. The molecule has 3 fully saturated rings. The first kappa shape index (κ1) is 16.1. The van der Waals surface area contributed by atoms with E-state index in [0.717, 1.165) is 0 Å². The van der Waals surface area contributed by atoms with Gasteiger partial charge in [0, 0.05) is 0 Å². The minimum absolute atomic E-state index is 0.321. The van der Waals surface area contributed by atoms with Crippen LogP contribution in [-0.4, -0.2) is 61.4 Å². The number of carbonyl (C=O) groups is 1. The van der Waals surface area contributed by atoms with Gasteiger partial charge in [-0.25, -0.2) is 4.79 Å². The molecule has 126 valence electrons. The van der Waals surface area contributed by atoms with Gasteiger partial charge in [0.1, 0.15) is 24.4 Å². The third kappa shape index (κ3) is 2.44. The molecule has 0 amide bonds. The normalized spacial score (nSPS) is 45.7. The summed E-state index contributed by atoms with van der Waals surface area (Å²) >= 11 is 0. The summed E-state index contributed by atoms with van der Waals surface area (Å²) in [4.78, 5) is 12.1. The van der Waals surface area contributed by atoms with Crippen molar-refractivity contribution in [3.8, 4) is 0 Å². The Hall–Kier alpha value is -0.770. The SMILES string of the molecule is COC(=O)[C@]1(N)O[C@H]([C@H]2COC(C)(C)O2)[C@@H]2OC(C)(C)O[C@@H]21. The topological polar surface area (TPSA) is 98.5 Å². The van der Waals surface area contributed by atoms with Crippen LogP contribution in [0.25, 0.3) is 0 Å². The van der Waals surface area contributed by atoms with Gasteiger partial charge < -0.3 is 28.4 Å². The van der Waals surface area contributed by atoms with E-state index in [-0.39, 0.29) is 0 Å². The molecule has 8 nitrogen and oxygen atoms in total. The molecular weight excluding hydrogens is 294 g/mol. The van der Waals surface area contributed by atoms with E-state index in [1.165, 1.54) is 7.11 Å². The molecule has 0 spiro atoms. The Balaban J connectivity index is 1.88. The monoisotopic (exact) mass is 317 g/mol. The Morgan fingerprint density at radius 1 is 1.05 bits per heavy atom. The molecular formula is C14H23NO7. The largest absolute Gasteiger partial charge is 0.466 e. The molecule has 3 heterocycles. The highest BCUT2D eigenvalue weighted by molar-refractivity contribution is 5.80. The average Bonchev–Trinajstić information content (AvgIpc) is 3.01. The first-order valence-corrected chi connectivity index (χ1v) is 7.30. The molecule has 3 aliphatic heterocycles. The van der Waals surface area contributed by atoms with Gasteiger partial charge in [0.25, 0.3) is 0 Å². The lowest BCUT2D eigenvalue weighted by molar-refractivity contribution is -0.230. The van der Waals surface area contributed by atoms with Gasteiger partial charge in [-0.1, -0.05) is 0 Å². The van der Waals surface area contributed by atoms with Crippen LogP contribution in [0.15, 0.2) is 0 Å². The maximum Gasteiger partial charge on any atom is 0.356 e. The van der Waals surface area contributed by atoms with E-state index in [1.54, 1.807) is 13.8 Å². The van der Waals surface area contributed by atoms with Crippen molar-refractivity contribution in [3.05, 3.63) is 0 Å². The minimum atomic E-state index is -1.73. The molecule has 0 radical (unpaired) electrons. The lowest BCUT2D eigenvalue weighted by Crippen LogP contribution is -2.58. The number of hydrogen-bond acceptors (Lipinski definition) is 8. The Labute approximate surface area is 129 Å². The molecule has 22 heavy (non-hydrogen) atoms. The molecule has 3 rings (SSSR count). The van der Waals surface area contributed by atoms with Crippen LogP contribution >= 0.6 is 0 Å². The van der Waals surface area contributed by atoms with Crippen molar-refractivity contribution in [1.29, 1.82) is 0 Å². The summed E-state index contributed by atoms with van der Waals surface area (Å²) in [5, 5.41) is 0. The van der Waals surface area contributed by atoms with Crippen molar-refractivity contribution in [2.45, 2.75) is 69.4 Å². The second kappa shape index (κ2) is 4.86. The maximum absolute atomic E-state index is 12.1. The van der Waals surface area contributed by atoms with Crippen LogP contribution in [0.5, 0.6) is 0 Å². The van der Waals surface area contributed by atoms with Crippen LogP contribution in [-0.2, 0) is 33.2 Å². The predicted octanol–water partition coefficient (Wildman–Crippen LogP) is -0.115. The van der Waals surface area contributed by atoms with Gasteiger partial charge in [0.2, 0.25) is 5.72 Å². The van der Waals surface area contributed by atoms with Crippen LogP contribution < -0.4 is 5.73 Å². The molecule has 8 heteroatoms. The highest BCUT2D eigenvalue weighted by Crippen LogP contribution is 2.45. The highest BCUT2D eigenvalue weighted by atomic mass is 16.8. The minimum Gasteiger partial charge on any atom is -0.466 e. The summed E-state index contributed by atoms with van der Waals surface area (Å²) < 4.78 is 33.6. The summed E-state index contributed by atoms with van der Waals surface area (Å²) in [6.07, 6.45) is -2.30. The first-order chi connectivity index (χ1) is 10.1. The molecule has 0 bridgehead atoms. The second-order valence-electron chi connectivity index (χ2n) is 6.76. The second-order valence-corrected chi connectivity index (χ2v) is 6.76. The standard InChI is InChI=1S/C14H23NO7/c1-12(2)18-6-7(19-12)8-9-10(22-13(3,4)20-9)14(15,21-8)11(16)17-5/h7-10H,6,15H2,1-5H3/t7-,8-,9+,10+,14-/m1/s1. The van der Waals surface area contributed by atoms with Crippen LogP contribution in [0.1, 0.15) is 27.7 Å². The van der Waals surface area contributed by atoms with Gasteiger partial charge in [0.05, 0.1) is 13.7 Å². The third-order valence-corrected chi connectivity index (χ3v) is 4.11. The van der Waals surface area contributed by atoms with Gasteiger partial charge in [-0.3, -0.25) is 5.73 Å². The fourth-order valence-electron chi connectivity index (χ4n) is 3.21. The number of methoxy groups -OCH3 is 1. The molecule has 0 aromatic heterocycles. The van der Waals surface area contributed by atoms with Gasteiger partial charge in [-0.05, 0) is 27.7 Å². The van der Waals surface area contributed by atoms with Crippen LogP contribution in [0, 0.1) is 0 Å². The summed E-state index contributed by atoms with van der Waals surface area (Å²) in [5.41, 5.74) is 4.42. The van der Waals surface area contributed by atoms with Gasteiger partial charge in [-0.2, -0.15) is 0 Å². The van der Waals surface area contributed by atoms with E-state index in [1.807, 2.05) is 13.8 Å². The fourth-order valence-corrected chi connectivity index (χ4v) is 3.21. The van der Waals surface area contributed by atoms with Crippen LogP contribution in [0.3, 0.4) is 0 Å². The van der Waals surface area contributed by atoms with Crippen LogP contribution in [0.4, 0.5) is 0 Å². The Morgan fingerprint density at radius 3 is 2.27 bits per heavy atom. The number of rotatable bonds is 2. The zero-order chi connectivity index (χ0) is 16.3. The maximum atomic E-state index is 12.1. The summed E-state index contributed by atoms with van der Waals surface area (Å²) in [5.74, 6) is -2.29. The molecule has 3 saturated heterocycles. The fraction of sp³-hybridized carbons (Fsp3) is 0.929. The van der Waals surface area contributed by atoms with Gasteiger partial charge >= 0.3 is 5.97 Å². The van der Waals surface area contributed by atoms with Gasteiger partial charge in [0.15, 0.2) is 11.6 Å². The van der Waals surface area contributed by atoms with E-state index in [4.69, 9.17) is 34.2 Å². The zero-order valence-corrected chi connectivity index (χ0v) is 13.5. The smallest absolute Gasteiger partial charge is 0.356 e. The molecule has 3 aliphatic rings. The van der Waals surface area contributed by atoms with Crippen molar-refractivity contribution < 1.29 is 33.2 Å². The number of hydrogen-bond donors (Lipinski definition) is 1. The Kier molecular flexibility index (Phi) is 3.56. The molecule has 0 aliphatic carbocycles. The van der Waals surface area contributed by atoms with Crippen molar-refractivity contribution in [3.63, 3.8) is 0 Å². The van der Waals surface area contributed by atoms with Crippen molar-refractivity contribution in [2.75, 3.05) is 13.7 Å². The Bertz CT molecular complexity index is 480. The Morgan fingerprint density at radius 2 is 1.73 bits per heavy atom. The first-order valence-electron chi connectivity index (χ1n) is 7.30. The number of esters is 1. The lowest BCUT2D eigenvalue weighted by atomic mass is 10.0. The third-order valence-electron chi connectivity index (χ3n) is 4.11. The quantitative estimate of drug-likeness (QED) is 0.704. The zero-order valence-electron chi connectivity index (χ0n) is 13.5.